The van der Waals surface area contributed by atoms with E-state index in [1.54, 1.807) is 0 Å². The molecular formula is C55H95N3O12. The van der Waals surface area contributed by atoms with Crippen molar-refractivity contribution in [2.45, 2.75) is 246 Å². The van der Waals surface area contributed by atoms with Crippen molar-refractivity contribution in [2.24, 2.45) is 11.8 Å². The van der Waals surface area contributed by atoms with Crippen LogP contribution < -0.4 is 0 Å². The standard InChI is InChI=1S/C55H95N3O12/c1-6-10-14-18-22-26-30-45(5)65-40-46(41-66-50(59)31-27-23-19-15-11-7-2)36-53(62)69-48-38-58(55(64)57-35-34-56-44-57)39-49(48)70-54(63)37-47(42-67-51(60)32-28-24-20-16-12-8-3)43-68-52(61)33-29-25-21-17-13-9-4/h34-35,44-49H,6-33,36-43H2,1-5H3/t45?,46?,48-,49-/m0/s1. The van der Waals surface area contributed by atoms with E-state index in [-0.39, 0.29) is 89.2 Å². The third-order valence-electron chi connectivity index (χ3n) is 12.9. The molecule has 402 valence electrons. The maximum absolute atomic E-state index is 13.8. The first-order valence-electron chi connectivity index (χ1n) is 27.7. The van der Waals surface area contributed by atoms with E-state index in [1.165, 1.54) is 60.3 Å². The average molecular weight is 990 g/mol. The van der Waals surface area contributed by atoms with Gasteiger partial charge in [0.25, 0.3) is 0 Å². The van der Waals surface area contributed by atoms with E-state index >= 15 is 0 Å². The zero-order valence-corrected chi connectivity index (χ0v) is 44.3. The average Bonchev–Trinajstić information content (AvgIpc) is 4.03. The van der Waals surface area contributed by atoms with Crippen molar-refractivity contribution in [1.82, 2.24) is 14.5 Å². The summed E-state index contributed by atoms with van der Waals surface area (Å²) in [5, 5.41) is 0. The molecule has 1 saturated heterocycles. The van der Waals surface area contributed by atoms with Gasteiger partial charge in [0.2, 0.25) is 0 Å². The normalized spacial score (nSPS) is 15.4. The van der Waals surface area contributed by atoms with Crippen molar-refractivity contribution < 1.29 is 57.2 Å². The highest BCUT2D eigenvalue weighted by atomic mass is 16.6. The minimum absolute atomic E-state index is 0.0176. The highest BCUT2D eigenvalue weighted by Crippen LogP contribution is 2.23. The molecule has 1 aliphatic rings. The molecule has 1 amide bonds. The molecule has 15 heteroatoms. The van der Waals surface area contributed by atoms with E-state index in [4.69, 9.17) is 28.4 Å². The minimum atomic E-state index is -1.03. The van der Waals surface area contributed by atoms with Crippen molar-refractivity contribution in [1.29, 1.82) is 0 Å². The lowest BCUT2D eigenvalue weighted by molar-refractivity contribution is -0.167. The number of likely N-dealkylation sites (tertiary alicyclic amines) is 1. The van der Waals surface area contributed by atoms with Crippen LogP contribution in [0.5, 0.6) is 0 Å². The minimum Gasteiger partial charge on any atom is -0.465 e. The van der Waals surface area contributed by atoms with Gasteiger partial charge in [0, 0.05) is 43.5 Å². The quantitative estimate of drug-likeness (QED) is 0.0343. The molecule has 0 bridgehead atoms. The van der Waals surface area contributed by atoms with Crippen molar-refractivity contribution in [2.75, 3.05) is 39.5 Å². The zero-order valence-electron chi connectivity index (χ0n) is 44.3. The summed E-state index contributed by atoms with van der Waals surface area (Å²) in [5.74, 6) is -3.56. The predicted molar refractivity (Wildman–Crippen MR) is 271 cm³/mol. The lowest BCUT2D eigenvalue weighted by Crippen LogP contribution is -2.36. The van der Waals surface area contributed by atoms with Gasteiger partial charge in [-0.2, -0.15) is 0 Å². The summed E-state index contributed by atoms with van der Waals surface area (Å²) in [4.78, 5) is 84.8. The van der Waals surface area contributed by atoms with Crippen molar-refractivity contribution in [3.05, 3.63) is 18.7 Å². The van der Waals surface area contributed by atoms with Crippen LogP contribution in [-0.2, 0) is 52.4 Å². The van der Waals surface area contributed by atoms with Crippen LogP contribution in [0.3, 0.4) is 0 Å². The molecule has 0 spiro atoms. The highest BCUT2D eigenvalue weighted by Gasteiger charge is 2.41. The van der Waals surface area contributed by atoms with E-state index in [0.717, 1.165) is 116 Å². The first-order valence-corrected chi connectivity index (χ1v) is 27.7. The Labute approximate surface area is 421 Å². The number of ether oxygens (including phenoxy) is 6. The Balaban J connectivity index is 2.15. The fourth-order valence-corrected chi connectivity index (χ4v) is 8.49. The number of rotatable bonds is 43. The number of aromatic nitrogens is 2. The van der Waals surface area contributed by atoms with Gasteiger partial charge in [-0.25, -0.2) is 9.78 Å². The molecule has 1 aromatic heterocycles. The van der Waals surface area contributed by atoms with E-state index in [0.29, 0.717) is 19.3 Å². The van der Waals surface area contributed by atoms with Crippen molar-refractivity contribution in [3.8, 4) is 0 Å². The second-order valence-electron chi connectivity index (χ2n) is 19.7. The number of carbonyl (C=O) groups excluding carboxylic acids is 6. The van der Waals surface area contributed by atoms with Crippen molar-refractivity contribution >= 4 is 35.9 Å². The van der Waals surface area contributed by atoms with Crippen LogP contribution in [0, 0.1) is 11.8 Å². The lowest BCUT2D eigenvalue weighted by Gasteiger charge is -2.23. The van der Waals surface area contributed by atoms with Gasteiger partial charge in [-0.15, -0.1) is 0 Å². The fourth-order valence-electron chi connectivity index (χ4n) is 8.49. The first-order chi connectivity index (χ1) is 34.0. The highest BCUT2D eigenvalue weighted by molar-refractivity contribution is 5.78. The molecule has 4 atom stereocenters. The molecule has 1 aromatic rings. The SMILES string of the molecule is CCCCCCCCC(=O)OCC(COC(=O)CCCCCCCC)CC(=O)O[C@H]1CN(C(=O)n2ccnc2)C[C@@H]1OC(=O)CC(COC(=O)CCCCCCCC)COC(C)CCCCCCCC. The molecule has 2 rings (SSSR count). The van der Waals surface area contributed by atoms with Crippen LogP contribution in [0.4, 0.5) is 4.79 Å². The molecule has 0 saturated carbocycles. The maximum Gasteiger partial charge on any atom is 0.329 e. The molecule has 1 fully saturated rings. The van der Waals surface area contributed by atoms with Crippen LogP contribution in [0.15, 0.2) is 18.7 Å². The Morgan fingerprint density at radius 3 is 1.26 bits per heavy atom. The second kappa shape index (κ2) is 40.6. The molecule has 1 aliphatic heterocycles. The smallest absolute Gasteiger partial charge is 0.329 e. The van der Waals surface area contributed by atoms with Gasteiger partial charge in [0.15, 0.2) is 12.2 Å². The van der Waals surface area contributed by atoms with Gasteiger partial charge in [-0.3, -0.25) is 28.5 Å². The van der Waals surface area contributed by atoms with Crippen LogP contribution in [-0.4, -0.2) is 108 Å². The van der Waals surface area contributed by atoms with E-state index in [9.17, 15) is 28.8 Å². The number of amides is 1. The molecule has 0 radical (unpaired) electrons. The van der Waals surface area contributed by atoms with Crippen molar-refractivity contribution in [3.63, 3.8) is 0 Å². The molecule has 0 N–H and O–H groups in total. The van der Waals surface area contributed by atoms with Gasteiger partial charge in [0.05, 0.1) is 58.5 Å². The Morgan fingerprint density at radius 2 is 0.871 bits per heavy atom. The van der Waals surface area contributed by atoms with Gasteiger partial charge in [0.1, 0.15) is 6.33 Å². The Morgan fingerprint density at radius 1 is 0.500 bits per heavy atom. The second-order valence-corrected chi connectivity index (χ2v) is 19.7. The van der Waals surface area contributed by atoms with Gasteiger partial charge in [-0.1, -0.05) is 163 Å². The van der Waals surface area contributed by atoms with E-state index in [1.807, 2.05) is 6.92 Å². The fraction of sp³-hybridized carbons (Fsp3) is 0.836. The summed E-state index contributed by atoms with van der Waals surface area (Å²) >= 11 is 0. The summed E-state index contributed by atoms with van der Waals surface area (Å²) in [6.07, 6.45) is 29.0. The summed E-state index contributed by atoms with van der Waals surface area (Å²) < 4.78 is 36.4. The predicted octanol–water partition coefficient (Wildman–Crippen LogP) is 12.0. The van der Waals surface area contributed by atoms with Gasteiger partial charge >= 0.3 is 35.9 Å². The molecular weight excluding hydrogens is 895 g/mol. The Bertz CT molecular complexity index is 1510. The molecule has 70 heavy (non-hydrogen) atoms. The molecule has 0 aromatic carbocycles. The molecule has 15 nitrogen and oxygen atoms in total. The van der Waals surface area contributed by atoms with Crippen LogP contribution in [0.25, 0.3) is 0 Å². The summed E-state index contributed by atoms with van der Waals surface area (Å²) in [7, 11) is 0. The number of unbranched alkanes of at least 4 members (excludes halogenated alkanes) is 20. The third-order valence-corrected chi connectivity index (χ3v) is 12.9. The summed E-state index contributed by atoms with van der Waals surface area (Å²) in [5.41, 5.74) is 0. The van der Waals surface area contributed by atoms with Crippen LogP contribution in [0.1, 0.15) is 227 Å². The monoisotopic (exact) mass is 990 g/mol. The van der Waals surface area contributed by atoms with Gasteiger partial charge in [-0.05, 0) is 32.6 Å². The zero-order chi connectivity index (χ0) is 51.0. The summed E-state index contributed by atoms with van der Waals surface area (Å²) in [6, 6.07) is -0.438. The lowest BCUT2D eigenvalue weighted by atomic mass is 10.1. The topological polar surface area (TPSA) is 179 Å². The van der Waals surface area contributed by atoms with Gasteiger partial charge < -0.3 is 33.3 Å². The number of hydrogen-bond donors (Lipinski definition) is 0. The van der Waals surface area contributed by atoms with Crippen LogP contribution in [0.2, 0.25) is 0 Å². The Kier molecular flexibility index (Phi) is 36.0. The molecule has 0 aliphatic carbocycles. The Hall–Kier alpha value is -4.01. The maximum atomic E-state index is 13.8. The van der Waals surface area contributed by atoms with E-state index < -0.39 is 42.0 Å². The number of esters is 5. The third kappa shape index (κ3) is 30.7. The largest absolute Gasteiger partial charge is 0.465 e. The van der Waals surface area contributed by atoms with Crippen LogP contribution >= 0.6 is 0 Å². The number of imidazole rings is 1. The number of nitrogens with zero attached hydrogens (tertiary/aromatic N) is 3. The molecule has 2 unspecified atom stereocenters. The first kappa shape index (κ1) is 62.1. The number of hydrogen-bond acceptors (Lipinski definition) is 13. The van der Waals surface area contributed by atoms with E-state index in [2.05, 4.69) is 32.7 Å². The molecule has 2 heterocycles. The summed E-state index contributed by atoms with van der Waals surface area (Å²) in [6.45, 7) is 10.4. The number of carbonyl (C=O) groups is 6.